The quantitative estimate of drug-likeness (QED) is 0.626. The molecule has 0 aliphatic carbocycles. The van der Waals surface area contributed by atoms with Crippen molar-refractivity contribution in [3.63, 3.8) is 0 Å². The number of carbonyl (C=O) groups excluding carboxylic acids is 3. The maximum atomic E-state index is 12.0. The molecule has 0 radical (unpaired) electrons. The van der Waals surface area contributed by atoms with E-state index in [2.05, 4.69) is 16.2 Å². The SMILES string of the molecule is Cc1c(Cl)cccc1NC(=O)CCC(=O)NNC(=O)c1ccc(Cl)cc1Cl. The lowest BCUT2D eigenvalue weighted by Gasteiger charge is -2.10. The average Bonchev–Trinajstić information content (AvgIpc) is 2.62. The first-order valence-corrected chi connectivity index (χ1v) is 9.00. The fourth-order valence-electron chi connectivity index (χ4n) is 2.11. The third-order valence-electron chi connectivity index (χ3n) is 3.61. The summed E-state index contributed by atoms with van der Waals surface area (Å²) < 4.78 is 0. The summed E-state index contributed by atoms with van der Waals surface area (Å²) in [5.41, 5.74) is 5.95. The van der Waals surface area contributed by atoms with Gasteiger partial charge in [-0.1, -0.05) is 40.9 Å². The molecular weight excluding hydrogens is 413 g/mol. The number of nitrogens with one attached hydrogen (secondary N) is 3. The molecule has 27 heavy (non-hydrogen) atoms. The van der Waals surface area contributed by atoms with Crippen LogP contribution < -0.4 is 16.2 Å². The van der Waals surface area contributed by atoms with Crippen LogP contribution in [0, 0.1) is 6.92 Å². The molecule has 3 amide bonds. The van der Waals surface area contributed by atoms with Crippen molar-refractivity contribution in [2.75, 3.05) is 5.32 Å². The van der Waals surface area contributed by atoms with Gasteiger partial charge in [0.1, 0.15) is 0 Å². The number of hydrogen-bond acceptors (Lipinski definition) is 3. The summed E-state index contributed by atoms with van der Waals surface area (Å²) in [5.74, 6) is -1.46. The zero-order valence-corrected chi connectivity index (χ0v) is 16.5. The van der Waals surface area contributed by atoms with E-state index in [4.69, 9.17) is 34.8 Å². The fraction of sp³-hybridized carbons (Fsp3) is 0.167. The molecule has 0 aromatic heterocycles. The fourth-order valence-corrected chi connectivity index (χ4v) is 2.78. The van der Waals surface area contributed by atoms with E-state index in [1.54, 1.807) is 25.1 Å². The molecule has 2 aromatic rings. The predicted octanol–water partition coefficient (Wildman–Crippen LogP) is 4.14. The Balaban J connectivity index is 1.79. The molecule has 0 aliphatic rings. The van der Waals surface area contributed by atoms with Gasteiger partial charge in [-0.2, -0.15) is 0 Å². The second-order valence-electron chi connectivity index (χ2n) is 5.59. The number of hydrogen-bond donors (Lipinski definition) is 3. The minimum atomic E-state index is -0.593. The minimum absolute atomic E-state index is 0.0602. The largest absolute Gasteiger partial charge is 0.326 e. The van der Waals surface area contributed by atoms with Gasteiger partial charge in [-0.15, -0.1) is 0 Å². The van der Waals surface area contributed by atoms with Crippen LogP contribution in [-0.2, 0) is 9.59 Å². The summed E-state index contributed by atoms with van der Waals surface area (Å²) in [5, 5.41) is 3.77. The third-order valence-corrected chi connectivity index (χ3v) is 4.57. The molecule has 9 heteroatoms. The average molecular weight is 429 g/mol. The van der Waals surface area contributed by atoms with Crippen molar-refractivity contribution >= 4 is 58.2 Å². The number of amides is 3. The third kappa shape index (κ3) is 6.13. The van der Waals surface area contributed by atoms with Gasteiger partial charge in [0.15, 0.2) is 0 Å². The molecule has 0 saturated heterocycles. The van der Waals surface area contributed by atoms with Crippen LogP contribution in [0.5, 0.6) is 0 Å². The Bertz CT molecular complexity index is 887. The van der Waals surface area contributed by atoms with Crippen molar-refractivity contribution in [3.05, 3.63) is 62.6 Å². The first-order chi connectivity index (χ1) is 12.8. The van der Waals surface area contributed by atoms with Crippen LogP contribution in [0.4, 0.5) is 5.69 Å². The van der Waals surface area contributed by atoms with Crippen molar-refractivity contribution in [3.8, 4) is 0 Å². The molecule has 2 aromatic carbocycles. The van der Waals surface area contributed by atoms with Crippen LogP contribution >= 0.6 is 34.8 Å². The van der Waals surface area contributed by atoms with Crippen molar-refractivity contribution in [2.24, 2.45) is 0 Å². The zero-order valence-electron chi connectivity index (χ0n) is 14.2. The Morgan fingerprint density at radius 1 is 0.889 bits per heavy atom. The highest BCUT2D eigenvalue weighted by Crippen LogP contribution is 2.23. The van der Waals surface area contributed by atoms with Gasteiger partial charge in [0.2, 0.25) is 11.8 Å². The normalized spacial score (nSPS) is 10.2. The summed E-state index contributed by atoms with van der Waals surface area (Å²) in [7, 11) is 0. The van der Waals surface area contributed by atoms with Crippen molar-refractivity contribution in [1.29, 1.82) is 0 Å². The molecular formula is C18H16Cl3N3O3. The van der Waals surface area contributed by atoms with E-state index in [9.17, 15) is 14.4 Å². The monoisotopic (exact) mass is 427 g/mol. The number of benzene rings is 2. The summed E-state index contributed by atoms with van der Waals surface area (Å²) in [6.07, 6.45) is -0.171. The molecule has 0 spiro atoms. The zero-order chi connectivity index (χ0) is 20.0. The van der Waals surface area contributed by atoms with E-state index in [0.717, 1.165) is 5.56 Å². The molecule has 0 atom stereocenters. The van der Waals surface area contributed by atoms with Crippen LogP contribution in [0.3, 0.4) is 0 Å². The summed E-state index contributed by atoms with van der Waals surface area (Å²) in [6.45, 7) is 1.78. The van der Waals surface area contributed by atoms with Crippen LogP contribution in [0.1, 0.15) is 28.8 Å². The molecule has 0 bridgehead atoms. The lowest BCUT2D eigenvalue weighted by Crippen LogP contribution is -2.41. The Labute approximate surface area is 171 Å². The Hall–Kier alpha value is -2.28. The highest BCUT2D eigenvalue weighted by Gasteiger charge is 2.13. The van der Waals surface area contributed by atoms with Gasteiger partial charge in [0.05, 0.1) is 10.6 Å². The summed E-state index contributed by atoms with van der Waals surface area (Å²) in [6, 6.07) is 9.52. The van der Waals surface area contributed by atoms with Crippen LogP contribution in [-0.4, -0.2) is 17.7 Å². The van der Waals surface area contributed by atoms with Crippen LogP contribution in [0.2, 0.25) is 15.1 Å². The maximum absolute atomic E-state index is 12.0. The summed E-state index contributed by atoms with van der Waals surface area (Å²) >= 11 is 17.7. The number of halogens is 3. The van der Waals surface area contributed by atoms with Gasteiger partial charge >= 0.3 is 0 Å². The second kappa shape index (κ2) is 9.60. The smallest absolute Gasteiger partial charge is 0.271 e. The molecule has 0 fully saturated rings. The topological polar surface area (TPSA) is 87.3 Å². The van der Waals surface area contributed by atoms with E-state index in [0.29, 0.717) is 15.7 Å². The van der Waals surface area contributed by atoms with Gasteiger partial charge in [-0.25, -0.2) is 0 Å². The molecule has 0 aliphatic heterocycles. The van der Waals surface area contributed by atoms with Gasteiger partial charge in [0.25, 0.3) is 5.91 Å². The number of anilines is 1. The molecule has 0 heterocycles. The lowest BCUT2D eigenvalue weighted by molar-refractivity contribution is -0.124. The second-order valence-corrected chi connectivity index (χ2v) is 6.84. The van der Waals surface area contributed by atoms with Crippen molar-refractivity contribution in [1.82, 2.24) is 10.9 Å². The Morgan fingerprint density at radius 3 is 2.30 bits per heavy atom. The lowest BCUT2D eigenvalue weighted by atomic mass is 10.2. The predicted molar refractivity (Wildman–Crippen MR) is 106 cm³/mol. The highest BCUT2D eigenvalue weighted by atomic mass is 35.5. The van der Waals surface area contributed by atoms with Gasteiger partial charge in [-0.3, -0.25) is 25.2 Å². The standard InChI is InChI=1S/C18H16Cl3N3O3/c1-10-13(20)3-2-4-15(10)22-16(25)7-8-17(26)23-24-18(27)12-6-5-11(19)9-14(12)21/h2-6,9H,7-8H2,1H3,(H,22,25)(H,23,26)(H,24,27). The molecule has 142 valence electrons. The maximum Gasteiger partial charge on any atom is 0.271 e. The number of carbonyl (C=O) groups is 3. The minimum Gasteiger partial charge on any atom is -0.326 e. The van der Waals surface area contributed by atoms with Crippen molar-refractivity contribution in [2.45, 2.75) is 19.8 Å². The first-order valence-electron chi connectivity index (χ1n) is 7.87. The molecule has 6 nitrogen and oxygen atoms in total. The van der Waals surface area contributed by atoms with Crippen LogP contribution in [0.15, 0.2) is 36.4 Å². The van der Waals surface area contributed by atoms with Gasteiger partial charge < -0.3 is 5.32 Å². The molecule has 0 unspecified atom stereocenters. The molecule has 3 N–H and O–H groups in total. The molecule has 2 rings (SSSR count). The number of rotatable bonds is 5. The highest BCUT2D eigenvalue weighted by molar-refractivity contribution is 6.36. The van der Waals surface area contributed by atoms with E-state index in [1.165, 1.54) is 18.2 Å². The van der Waals surface area contributed by atoms with Gasteiger partial charge in [-0.05, 0) is 42.8 Å². The Morgan fingerprint density at radius 2 is 1.59 bits per heavy atom. The Kier molecular flexibility index (Phi) is 7.47. The molecule has 0 saturated carbocycles. The van der Waals surface area contributed by atoms with Crippen LogP contribution in [0.25, 0.3) is 0 Å². The first kappa shape index (κ1) is 21.0. The van der Waals surface area contributed by atoms with Crippen molar-refractivity contribution < 1.29 is 14.4 Å². The van der Waals surface area contributed by atoms with E-state index >= 15 is 0 Å². The van der Waals surface area contributed by atoms with E-state index in [1.807, 2.05) is 0 Å². The van der Waals surface area contributed by atoms with E-state index < -0.39 is 11.8 Å². The summed E-state index contributed by atoms with van der Waals surface area (Å²) in [4.78, 5) is 35.8. The van der Waals surface area contributed by atoms with E-state index in [-0.39, 0.29) is 29.3 Å². The van der Waals surface area contributed by atoms with Gasteiger partial charge in [0, 0.05) is 28.6 Å². The number of hydrazine groups is 1.